The molecule has 1 N–H and O–H groups in total. The van der Waals surface area contributed by atoms with Gasteiger partial charge in [-0.25, -0.2) is 0 Å². The van der Waals surface area contributed by atoms with Gasteiger partial charge in [-0.05, 0) is 48.8 Å². The van der Waals surface area contributed by atoms with Gasteiger partial charge in [0, 0.05) is 6.04 Å². The van der Waals surface area contributed by atoms with Crippen molar-refractivity contribution in [3.63, 3.8) is 0 Å². The lowest BCUT2D eigenvalue weighted by molar-refractivity contribution is -0.121. The minimum atomic E-state index is 0.0681. The monoisotopic (exact) mass is 361 g/mol. The van der Waals surface area contributed by atoms with Gasteiger partial charge in [-0.3, -0.25) is 4.79 Å². The third-order valence-corrected chi connectivity index (χ3v) is 5.99. The number of benzene rings is 1. The van der Waals surface area contributed by atoms with Crippen LogP contribution < -0.4 is 19.5 Å². The first kappa shape index (κ1) is 18.9. The van der Waals surface area contributed by atoms with Gasteiger partial charge < -0.3 is 19.5 Å². The number of carbonyl (C=O) groups excluding carboxylic acids is 1. The predicted octanol–water partition coefficient (Wildman–Crippen LogP) is 3.73. The number of methoxy groups -OCH3 is 3. The van der Waals surface area contributed by atoms with E-state index >= 15 is 0 Å². The van der Waals surface area contributed by atoms with E-state index in [0.717, 1.165) is 30.2 Å². The number of fused-ring (bicyclic) bond motifs is 1. The second kappa shape index (κ2) is 8.65. The van der Waals surface area contributed by atoms with Gasteiger partial charge in [0.2, 0.25) is 11.7 Å². The van der Waals surface area contributed by atoms with Crippen molar-refractivity contribution in [1.82, 2.24) is 5.32 Å². The lowest BCUT2D eigenvalue weighted by Gasteiger charge is -2.39. The average molecular weight is 361 g/mol. The maximum atomic E-state index is 12.6. The van der Waals surface area contributed by atoms with Crippen molar-refractivity contribution in [2.45, 2.75) is 57.4 Å². The SMILES string of the molecule is COc1cc(CC(=O)N[C@@H]2CC[C@@H]3CCCC[C@@H]3C2)cc(OC)c1OC. The molecule has 5 nitrogen and oxygen atoms in total. The Bertz CT molecular complexity index is 605. The molecule has 0 spiro atoms. The highest BCUT2D eigenvalue weighted by atomic mass is 16.5. The van der Waals surface area contributed by atoms with Crippen LogP contribution in [-0.2, 0) is 11.2 Å². The first-order chi connectivity index (χ1) is 12.6. The lowest BCUT2D eigenvalue weighted by Crippen LogP contribution is -2.42. The number of rotatable bonds is 6. The number of amides is 1. The number of ether oxygens (including phenoxy) is 3. The van der Waals surface area contributed by atoms with Crippen LogP contribution >= 0.6 is 0 Å². The largest absolute Gasteiger partial charge is 0.493 e. The molecule has 26 heavy (non-hydrogen) atoms. The van der Waals surface area contributed by atoms with Gasteiger partial charge in [-0.15, -0.1) is 0 Å². The Balaban J connectivity index is 1.61. The summed E-state index contributed by atoms with van der Waals surface area (Å²) in [4.78, 5) is 12.6. The molecule has 3 rings (SSSR count). The smallest absolute Gasteiger partial charge is 0.224 e. The van der Waals surface area contributed by atoms with Crippen molar-refractivity contribution in [2.75, 3.05) is 21.3 Å². The second-order valence-corrected chi connectivity index (χ2v) is 7.59. The molecule has 1 amide bonds. The summed E-state index contributed by atoms with van der Waals surface area (Å²) in [6.07, 6.45) is 9.31. The fraction of sp³-hybridized carbons (Fsp3) is 0.667. The lowest BCUT2D eigenvalue weighted by atomic mass is 9.69. The van der Waals surface area contributed by atoms with Gasteiger partial charge in [0.1, 0.15) is 0 Å². The molecule has 0 radical (unpaired) electrons. The Kier molecular flexibility index (Phi) is 6.28. The molecule has 144 valence electrons. The van der Waals surface area contributed by atoms with E-state index in [-0.39, 0.29) is 5.91 Å². The van der Waals surface area contributed by atoms with E-state index in [0.29, 0.717) is 29.7 Å². The van der Waals surface area contributed by atoms with Crippen molar-refractivity contribution in [1.29, 1.82) is 0 Å². The Morgan fingerprint density at radius 1 is 0.962 bits per heavy atom. The zero-order chi connectivity index (χ0) is 18.5. The summed E-state index contributed by atoms with van der Waals surface area (Å²) in [7, 11) is 4.75. The quantitative estimate of drug-likeness (QED) is 0.839. The first-order valence-corrected chi connectivity index (χ1v) is 9.72. The molecule has 0 aliphatic heterocycles. The number of nitrogens with one attached hydrogen (secondary N) is 1. The van der Waals surface area contributed by atoms with Crippen molar-refractivity contribution < 1.29 is 19.0 Å². The molecule has 0 heterocycles. The molecule has 2 aliphatic rings. The molecule has 1 aromatic carbocycles. The highest BCUT2D eigenvalue weighted by molar-refractivity contribution is 5.79. The molecule has 2 saturated carbocycles. The van der Waals surface area contributed by atoms with Crippen LogP contribution in [0.15, 0.2) is 12.1 Å². The van der Waals surface area contributed by atoms with E-state index in [1.165, 1.54) is 32.1 Å². The van der Waals surface area contributed by atoms with Crippen LogP contribution in [0, 0.1) is 11.8 Å². The fourth-order valence-electron chi connectivity index (χ4n) is 4.71. The molecule has 0 bridgehead atoms. The van der Waals surface area contributed by atoms with E-state index < -0.39 is 0 Å². The summed E-state index contributed by atoms with van der Waals surface area (Å²) in [5.41, 5.74) is 0.864. The van der Waals surface area contributed by atoms with Gasteiger partial charge in [-0.1, -0.05) is 25.7 Å². The van der Waals surface area contributed by atoms with Crippen LogP contribution in [0.1, 0.15) is 50.5 Å². The molecular weight excluding hydrogens is 330 g/mol. The summed E-state index contributed by atoms with van der Waals surface area (Å²) in [6.45, 7) is 0. The molecule has 0 aromatic heterocycles. The molecule has 3 atom stereocenters. The van der Waals surface area contributed by atoms with Crippen molar-refractivity contribution >= 4 is 5.91 Å². The maximum Gasteiger partial charge on any atom is 0.224 e. The van der Waals surface area contributed by atoms with E-state index in [1.54, 1.807) is 21.3 Å². The van der Waals surface area contributed by atoms with Crippen molar-refractivity contribution in [3.8, 4) is 17.2 Å². The third-order valence-electron chi connectivity index (χ3n) is 5.99. The summed E-state index contributed by atoms with van der Waals surface area (Å²) in [5, 5.41) is 3.25. The highest BCUT2D eigenvalue weighted by Gasteiger charge is 2.32. The summed E-state index contributed by atoms with van der Waals surface area (Å²) in [5.74, 6) is 3.49. The van der Waals surface area contributed by atoms with E-state index in [4.69, 9.17) is 14.2 Å². The second-order valence-electron chi connectivity index (χ2n) is 7.59. The molecule has 5 heteroatoms. The van der Waals surface area contributed by atoms with Crippen LogP contribution in [-0.4, -0.2) is 33.3 Å². The Morgan fingerprint density at radius 3 is 2.23 bits per heavy atom. The van der Waals surface area contributed by atoms with Gasteiger partial charge >= 0.3 is 0 Å². The third kappa shape index (κ3) is 4.25. The summed E-state index contributed by atoms with van der Waals surface area (Å²) in [6, 6.07) is 4.02. The van der Waals surface area contributed by atoms with E-state index in [1.807, 2.05) is 12.1 Å². The molecule has 2 aliphatic carbocycles. The summed E-state index contributed by atoms with van der Waals surface area (Å²) < 4.78 is 16.1. The van der Waals surface area contributed by atoms with Crippen LogP contribution in [0.2, 0.25) is 0 Å². The Hall–Kier alpha value is -1.91. The molecular formula is C21H31NO4. The molecule has 0 saturated heterocycles. The Morgan fingerprint density at radius 2 is 1.62 bits per heavy atom. The standard InChI is InChI=1S/C21H31NO4/c1-24-18-10-14(11-19(25-2)21(18)26-3)12-20(23)22-17-9-8-15-6-4-5-7-16(15)13-17/h10-11,15-17H,4-9,12-13H2,1-3H3,(H,22,23)/t15-,16+,17+/m0/s1. The molecule has 1 aromatic rings. The maximum absolute atomic E-state index is 12.6. The van der Waals surface area contributed by atoms with Crippen LogP contribution in [0.4, 0.5) is 0 Å². The van der Waals surface area contributed by atoms with Gasteiger partial charge in [0.15, 0.2) is 11.5 Å². The van der Waals surface area contributed by atoms with E-state index in [9.17, 15) is 4.79 Å². The average Bonchev–Trinajstić information content (AvgIpc) is 2.66. The molecule has 0 unspecified atom stereocenters. The minimum Gasteiger partial charge on any atom is -0.493 e. The molecule has 2 fully saturated rings. The van der Waals surface area contributed by atoms with E-state index in [2.05, 4.69) is 5.32 Å². The van der Waals surface area contributed by atoms with Crippen LogP contribution in [0.5, 0.6) is 17.2 Å². The minimum absolute atomic E-state index is 0.0681. The predicted molar refractivity (Wildman–Crippen MR) is 101 cm³/mol. The summed E-state index contributed by atoms with van der Waals surface area (Å²) >= 11 is 0. The van der Waals surface area contributed by atoms with Crippen molar-refractivity contribution in [3.05, 3.63) is 17.7 Å². The first-order valence-electron chi connectivity index (χ1n) is 9.72. The highest BCUT2D eigenvalue weighted by Crippen LogP contribution is 2.41. The van der Waals surface area contributed by atoms with Gasteiger partial charge in [0.25, 0.3) is 0 Å². The van der Waals surface area contributed by atoms with Crippen LogP contribution in [0.25, 0.3) is 0 Å². The van der Waals surface area contributed by atoms with Crippen molar-refractivity contribution in [2.24, 2.45) is 11.8 Å². The topological polar surface area (TPSA) is 56.8 Å². The fourth-order valence-corrected chi connectivity index (χ4v) is 4.71. The zero-order valence-corrected chi connectivity index (χ0v) is 16.2. The normalized spacial score (nSPS) is 25.1. The van der Waals surface area contributed by atoms with Gasteiger partial charge in [0.05, 0.1) is 27.8 Å². The Labute approximate surface area is 156 Å². The number of hydrogen-bond acceptors (Lipinski definition) is 4. The number of hydrogen-bond donors (Lipinski definition) is 1. The van der Waals surface area contributed by atoms with Gasteiger partial charge in [-0.2, -0.15) is 0 Å². The number of carbonyl (C=O) groups is 1. The van der Waals surface area contributed by atoms with Crippen LogP contribution in [0.3, 0.4) is 0 Å². The zero-order valence-electron chi connectivity index (χ0n) is 16.2.